The van der Waals surface area contributed by atoms with E-state index in [0.717, 1.165) is 32.0 Å². The summed E-state index contributed by atoms with van der Waals surface area (Å²) in [6.45, 7) is 2.00. The van der Waals surface area contributed by atoms with E-state index < -0.39 is 0 Å². The number of ketones is 1. The molecule has 0 saturated heterocycles. The molecule has 0 aliphatic heterocycles. The van der Waals surface area contributed by atoms with E-state index in [2.05, 4.69) is 0 Å². The molecular weight excluding hydrogens is 276 g/mol. The summed E-state index contributed by atoms with van der Waals surface area (Å²) in [5, 5.41) is 0. The number of aldehydes is 1. The smallest absolute Gasteiger partial charge is 0.303 e. The van der Waals surface area contributed by atoms with E-state index >= 15 is 0 Å². The Kier molecular flexibility index (Phi) is 5.30. The Morgan fingerprint density at radius 1 is 1.33 bits per heavy atom. The number of carbonyl (C=O) groups excluding carboxylic acids is 2. The van der Waals surface area contributed by atoms with Gasteiger partial charge < -0.3 is 4.79 Å². The molecule has 99 valence electrons. The summed E-state index contributed by atoms with van der Waals surface area (Å²) in [5.74, 6) is -0.250. The van der Waals surface area contributed by atoms with Crippen molar-refractivity contribution in [2.75, 3.05) is 0 Å². The van der Waals surface area contributed by atoms with Crippen LogP contribution in [0.5, 0.6) is 0 Å². The van der Waals surface area contributed by atoms with Gasteiger partial charge in [-0.2, -0.15) is 0 Å². The summed E-state index contributed by atoms with van der Waals surface area (Å²) in [4.78, 5) is 23.1. The Bertz CT molecular complexity index is 416. The van der Waals surface area contributed by atoms with Gasteiger partial charge in [0.1, 0.15) is 12.1 Å². The first-order valence-electron chi connectivity index (χ1n) is 6.19. The third kappa shape index (κ3) is 3.09. The van der Waals surface area contributed by atoms with Crippen LogP contribution < -0.4 is 0 Å². The number of Topliss-reactive ketones (excluding diaryl/α,β-unsaturated/α-hetero) is 1. The van der Waals surface area contributed by atoms with Crippen LogP contribution in [0.4, 0.5) is 0 Å². The molecule has 1 radical (unpaired) electrons. The minimum absolute atomic E-state index is 0. The van der Waals surface area contributed by atoms with Gasteiger partial charge in [-0.3, -0.25) is 4.79 Å². The summed E-state index contributed by atoms with van der Waals surface area (Å²) >= 11 is 0. The molecule has 1 aliphatic carbocycles. The number of hydrogen-bond donors (Lipinski definition) is 0. The zero-order chi connectivity index (χ0) is 12.3. The molecule has 2 rings (SSSR count). The molecular formula is C15H18CuO2+2. The molecule has 0 amide bonds. The van der Waals surface area contributed by atoms with E-state index in [1.54, 1.807) is 0 Å². The van der Waals surface area contributed by atoms with E-state index in [0.29, 0.717) is 0 Å². The maximum Gasteiger partial charge on any atom is 2.00 e. The molecule has 1 aliphatic rings. The van der Waals surface area contributed by atoms with Crippen LogP contribution in [-0.4, -0.2) is 12.1 Å². The third-order valence-corrected chi connectivity index (χ3v) is 3.78. The van der Waals surface area contributed by atoms with Gasteiger partial charge in [0.25, 0.3) is 0 Å². The summed E-state index contributed by atoms with van der Waals surface area (Å²) in [7, 11) is 0. The van der Waals surface area contributed by atoms with Crippen molar-refractivity contribution in [3.8, 4) is 0 Å². The molecule has 1 aromatic carbocycles. The summed E-state index contributed by atoms with van der Waals surface area (Å²) < 4.78 is 0. The molecule has 0 N–H and O–H groups in total. The minimum Gasteiger partial charge on any atom is -0.303 e. The molecule has 2 nitrogen and oxygen atoms in total. The fourth-order valence-corrected chi connectivity index (χ4v) is 2.77. The van der Waals surface area contributed by atoms with Gasteiger partial charge in [0.2, 0.25) is 0 Å². The van der Waals surface area contributed by atoms with Gasteiger partial charge in [0.15, 0.2) is 0 Å². The van der Waals surface area contributed by atoms with Gasteiger partial charge in [-0.25, -0.2) is 0 Å². The second-order valence-corrected chi connectivity index (χ2v) is 5.22. The fourth-order valence-electron chi connectivity index (χ4n) is 2.77. The van der Waals surface area contributed by atoms with Gasteiger partial charge in [0, 0.05) is 5.41 Å². The molecule has 0 bridgehead atoms. The van der Waals surface area contributed by atoms with Crippen LogP contribution in [0.25, 0.3) is 0 Å². The third-order valence-electron chi connectivity index (χ3n) is 3.78. The van der Waals surface area contributed by atoms with Crippen LogP contribution >= 0.6 is 0 Å². The molecule has 1 aromatic rings. The SMILES string of the molecule is CC1(Cc2ccccc2)CCCC(C=O)C1=O.[Cu+2]. The van der Waals surface area contributed by atoms with Crippen molar-refractivity contribution < 1.29 is 26.7 Å². The Balaban J connectivity index is 0.00000162. The van der Waals surface area contributed by atoms with Gasteiger partial charge in [-0.15, -0.1) is 0 Å². The van der Waals surface area contributed by atoms with Crippen LogP contribution in [-0.2, 0) is 33.1 Å². The Morgan fingerprint density at radius 3 is 2.61 bits per heavy atom. The number of rotatable bonds is 3. The van der Waals surface area contributed by atoms with Gasteiger partial charge in [-0.1, -0.05) is 43.7 Å². The van der Waals surface area contributed by atoms with Crippen molar-refractivity contribution >= 4 is 12.1 Å². The van der Waals surface area contributed by atoms with Crippen LogP contribution in [0.3, 0.4) is 0 Å². The van der Waals surface area contributed by atoms with Crippen molar-refractivity contribution in [2.45, 2.75) is 32.6 Å². The van der Waals surface area contributed by atoms with E-state index in [9.17, 15) is 9.59 Å². The van der Waals surface area contributed by atoms with E-state index in [1.807, 2.05) is 37.3 Å². The minimum atomic E-state index is -0.377. The monoisotopic (exact) mass is 293 g/mol. The summed E-state index contributed by atoms with van der Waals surface area (Å²) in [6, 6.07) is 10.0. The molecule has 0 heterocycles. The van der Waals surface area contributed by atoms with E-state index in [-0.39, 0.29) is 34.2 Å². The molecule has 18 heavy (non-hydrogen) atoms. The summed E-state index contributed by atoms with van der Waals surface area (Å²) in [5.41, 5.74) is 0.820. The second-order valence-electron chi connectivity index (χ2n) is 5.22. The molecule has 2 unspecified atom stereocenters. The van der Waals surface area contributed by atoms with E-state index in [1.165, 1.54) is 5.56 Å². The molecule has 3 heteroatoms. The Labute approximate surface area is 119 Å². The van der Waals surface area contributed by atoms with Crippen LogP contribution in [0.1, 0.15) is 31.7 Å². The average molecular weight is 294 g/mol. The predicted molar refractivity (Wildman–Crippen MR) is 66.7 cm³/mol. The second kappa shape index (κ2) is 6.31. The zero-order valence-electron chi connectivity index (χ0n) is 10.5. The van der Waals surface area contributed by atoms with Crippen LogP contribution in [0.15, 0.2) is 30.3 Å². The first-order valence-corrected chi connectivity index (χ1v) is 6.19. The topological polar surface area (TPSA) is 34.1 Å². The molecule has 2 atom stereocenters. The van der Waals surface area contributed by atoms with Crippen molar-refractivity contribution in [1.82, 2.24) is 0 Å². The number of carbonyl (C=O) groups is 2. The normalized spacial score (nSPS) is 27.4. The number of hydrogen-bond acceptors (Lipinski definition) is 2. The molecule has 1 saturated carbocycles. The Morgan fingerprint density at radius 2 is 2.00 bits per heavy atom. The van der Waals surface area contributed by atoms with Crippen LogP contribution in [0, 0.1) is 11.3 Å². The summed E-state index contributed by atoms with van der Waals surface area (Å²) in [6.07, 6.45) is 4.16. The van der Waals surface area contributed by atoms with Crippen molar-refractivity contribution in [2.24, 2.45) is 11.3 Å². The number of benzene rings is 1. The van der Waals surface area contributed by atoms with Crippen molar-refractivity contribution in [3.63, 3.8) is 0 Å². The standard InChI is InChI=1S/C15H18O2.Cu/c1-15(10-12-6-3-2-4-7-12)9-5-8-13(11-16)14(15)17;/h2-4,6-7,11,13H,5,8-10H2,1H3;/q;+2. The largest absolute Gasteiger partial charge is 2.00 e. The quantitative estimate of drug-likeness (QED) is 0.488. The molecule has 0 spiro atoms. The average Bonchev–Trinajstić information content (AvgIpc) is 2.34. The Hall–Kier alpha value is -0.921. The van der Waals surface area contributed by atoms with Crippen molar-refractivity contribution in [1.29, 1.82) is 0 Å². The van der Waals surface area contributed by atoms with Gasteiger partial charge >= 0.3 is 17.1 Å². The van der Waals surface area contributed by atoms with Gasteiger partial charge in [0.05, 0.1) is 5.92 Å². The first-order chi connectivity index (χ1) is 8.15. The van der Waals surface area contributed by atoms with Crippen LogP contribution in [0.2, 0.25) is 0 Å². The molecule has 1 fully saturated rings. The zero-order valence-corrected chi connectivity index (χ0v) is 11.4. The fraction of sp³-hybridized carbons (Fsp3) is 0.467. The van der Waals surface area contributed by atoms with Gasteiger partial charge in [-0.05, 0) is 24.8 Å². The van der Waals surface area contributed by atoms with Crippen molar-refractivity contribution in [3.05, 3.63) is 35.9 Å². The predicted octanol–water partition coefficient (Wildman–Crippen LogP) is 2.80. The first kappa shape index (κ1) is 15.1. The molecule has 0 aromatic heterocycles. The van der Waals surface area contributed by atoms with E-state index in [4.69, 9.17) is 0 Å². The maximum atomic E-state index is 12.3. The maximum absolute atomic E-state index is 12.3.